The molecule has 25 heavy (non-hydrogen) atoms. The minimum atomic E-state index is -0.291. The van der Waals surface area contributed by atoms with E-state index in [9.17, 15) is 9.18 Å². The summed E-state index contributed by atoms with van der Waals surface area (Å²) in [5.74, 6) is -0.313. The van der Waals surface area contributed by atoms with Gasteiger partial charge in [0.25, 0.3) is 0 Å². The molecule has 7 heteroatoms. The molecular formula is C18H16FN3OS2. The molecule has 0 radical (unpaired) electrons. The summed E-state index contributed by atoms with van der Waals surface area (Å²) in [6, 6.07) is 10.1. The third-order valence-corrected chi connectivity index (χ3v) is 5.51. The van der Waals surface area contributed by atoms with Gasteiger partial charge in [0.2, 0.25) is 5.91 Å². The molecule has 1 aromatic carbocycles. The van der Waals surface area contributed by atoms with E-state index < -0.39 is 0 Å². The normalized spacial score (nSPS) is 19.2. The number of rotatable bonds is 6. The molecule has 1 fully saturated rings. The Morgan fingerprint density at radius 3 is 2.76 bits per heavy atom. The van der Waals surface area contributed by atoms with Crippen molar-refractivity contribution in [3.8, 4) is 0 Å². The highest BCUT2D eigenvalue weighted by atomic mass is 32.2. The molecule has 0 saturated carbocycles. The van der Waals surface area contributed by atoms with Crippen LogP contribution >= 0.6 is 23.1 Å². The van der Waals surface area contributed by atoms with Gasteiger partial charge < -0.3 is 0 Å². The SMILES string of the molecule is C=CCN1C(=O)C(Cc2ccc(F)cc2)SC1=NN=Cc1cccs1. The van der Waals surface area contributed by atoms with Crippen molar-refractivity contribution in [2.24, 2.45) is 10.2 Å². The number of carbonyl (C=O) groups excluding carboxylic acids is 1. The van der Waals surface area contributed by atoms with Gasteiger partial charge in [0.15, 0.2) is 5.17 Å². The summed E-state index contributed by atoms with van der Waals surface area (Å²) in [5.41, 5.74) is 0.911. The van der Waals surface area contributed by atoms with Crippen LogP contribution in [0.2, 0.25) is 0 Å². The van der Waals surface area contributed by atoms with Crippen LogP contribution in [0.1, 0.15) is 10.4 Å². The van der Waals surface area contributed by atoms with E-state index in [4.69, 9.17) is 0 Å². The molecular weight excluding hydrogens is 357 g/mol. The lowest BCUT2D eigenvalue weighted by molar-refractivity contribution is -0.125. The quantitative estimate of drug-likeness (QED) is 0.437. The van der Waals surface area contributed by atoms with Gasteiger partial charge in [0.05, 0.1) is 11.5 Å². The third kappa shape index (κ3) is 4.43. The van der Waals surface area contributed by atoms with Crippen LogP contribution in [0, 0.1) is 5.82 Å². The van der Waals surface area contributed by atoms with Crippen LogP contribution in [0.4, 0.5) is 4.39 Å². The van der Waals surface area contributed by atoms with Crippen LogP contribution in [0.25, 0.3) is 0 Å². The lowest BCUT2D eigenvalue weighted by Gasteiger charge is -2.12. The second-order valence-corrected chi connectivity index (χ2v) is 7.47. The molecule has 1 amide bonds. The smallest absolute Gasteiger partial charge is 0.242 e. The van der Waals surface area contributed by atoms with E-state index in [0.717, 1.165) is 10.4 Å². The number of benzene rings is 1. The Labute approximate surface area is 153 Å². The van der Waals surface area contributed by atoms with Crippen LogP contribution in [0.15, 0.2) is 64.6 Å². The summed E-state index contributed by atoms with van der Waals surface area (Å²) in [5, 5.41) is 10.5. The first-order valence-corrected chi connectivity index (χ1v) is 9.41. The topological polar surface area (TPSA) is 45.0 Å². The first-order valence-electron chi connectivity index (χ1n) is 7.65. The molecule has 1 aromatic heterocycles. The van der Waals surface area contributed by atoms with Crippen LogP contribution in [-0.2, 0) is 11.2 Å². The van der Waals surface area contributed by atoms with E-state index in [1.54, 1.807) is 40.7 Å². The second-order valence-electron chi connectivity index (χ2n) is 5.32. The van der Waals surface area contributed by atoms with Crippen molar-refractivity contribution in [2.45, 2.75) is 11.7 Å². The average molecular weight is 373 g/mol. The van der Waals surface area contributed by atoms with Crippen molar-refractivity contribution in [3.63, 3.8) is 0 Å². The van der Waals surface area contributed by atoms with Gasteiger partial charge in [0, 0.05) is 11.4 Å². The van der Waals surface area contributed by atoms with E-state index in [0.29, 0.717) is 18.1 Å². The van der Waals surface area contributed by atoms with Gasteiger partial charge in [-0.3, -0.25) is 9.69 Å². The van der Waals surface area contributed by atoms with Crippen molar-refractivity contribution in [1.82, 2.24) is 4.90 Å². The van der Waals surface area contributed by atoms with Crippen LogP contribution in [0.5, 0.6) is 0 Å². The summed E-state index contributed by atoms with van der Waals surface area (Å²) in [6.45, 7) is 4.08. The average Bonchev–Trinajstić information content (AvgIpc) is 3.21. The summed E-state index contributed by atoms with van der Waals surface area (Å²) in [4.78, 5) is 15.2. The fraction of sp³-hybridized carbons (Fsp3) is 0.167. The van der Waals surface area contributed by atoms with E-state index in [1.807, 2.05) is 17.5 Å². The molecule has 1 atom stereocenters. The number of carbonyl (C=O) groups is 1. The summed E-state index contributed by atoms with van der Waals surface area (Å²) < 4.78 is 13.0. The van der Waals surface area contributed by atoms with Crippen molar-refractivity contribution >= 4 is 40.4 Å². The number of hydrogen-bond donors (Lipinski definition) is 0. The first-order chi connectivity index (χ1) is 12.2. The molecule has 1 aliphatic heterocycles. The minimum Gasteiger partial charge on any atom is -0.285 e. The monoisotopic (exact) mass is 373 g/mol. The van der Waals surface area contributed by atoms with Crippen LogP contribution < -0.4 is 0 Å². The highest BCUT2D eigenvalue weighted by molar-refractivity contribution is 8.15. The Kier molecular flexibility index (Phi) is 5.78. The molecule has 0 spiro atoms. The second kappa shape index (κ2) is 8.22. The van der Waals surface area contributed by atoms with Crippen molar-refractivity contribution in [3.05, 3.63) is 70.7 Å². The maximum Gasteiger partial charge on any atom is 0.242 e. The number of halogens is 1. The first kappa shape index (κ1) is 17.6. The molecule has 1 unspecified atom stereocenters. The maximum absolute atomic E-state index is 13.0. The molecule has 1 saturated heterocycles. The number of thiophene rings is 1. The molecule has 1 aliphatic rings. The summed E-state index contributed by atoms with van der Waals surface area (Å²) in [7, 11) is 0. The highest BCUT2D eigenvalue weighted by Crippen LogP contribution is 2.30. The van der Waals surface area contributed by atoms with Crippen LogP contribution in [-0.4, -0.2) is 34.0 Å². The van der Waals surface area contributed by atoms with Crippen molar-refractivity contribution in [1.29, 1.82) is 0 Å². The van der Waals surface area contributed by atoms with E-state index in [1.165, 1.54) is 23.9 Å². The van der Waals surface area contributed by atoms with Crippen LogP contribution in [0.3, 0.4) is 0 Å². The van der Waals surface area contributed by atoms with E-state index >= 15 is 0 Å². The molecule has 3 rings (SSSR count). The molecule has 0 aliphatic carbocycles. The standard InChI is InChI=1S/C18H16FN3OS2/c1-2-9-22-17(23)16(11-13-5-7-14(19)8-6-13)25-18(22)21-20-12-15-4-3-10-24-15/h2-8,10,12,16H,1,9,11H2. The lowest BCUT2D eigenvalue weighted by atomic mass is 10.1. The van der Waals surface area contributed by atoms with Gasteiger partial charge in [-0.1, -0.05) is 36.0 Å². The predicted molar refractivity (Wildman–Crippen MR) is 103 cm³/mol. The number of nitrogens with zero attached hydrogens (tertiary/aromatic N) is 3. The van der Waals surface area contributed by atoms with Gasteiger partial charge in [0.1, 0.15) is 5.82 Å². The van der Waals surface area contributed by atoms with Gasteiger partial charge in [-0.25, -0.2) is 4.39 Å². The highest BCUT2D eigenvalue weighted by Gasteiger charge is 2.37. The van der Waals surface area contributed by atoms with E-state index in [-0.39, 0.29) is 17.0 Å². The largest absolute Gasteiger partial charge is 0.285 e. The molecule has 128 valence electrons. The van der Waals surface area contributed by atoms with Gasteiger partial charge >= 0.3 is 0 Å². The fourth-order valence-corrected chi connectivity index (χ4v) is 4.07. The zero-order chi connectivity index (χ0) is 17.6. The van der Waals surface area contributed by atoms with E-state index in [2.05, 4.69) is 16.8 Å². The molecule has 4 nitrogen and oxygen atoms in total. The molecule has 0 N–H and O–H groups in total. The van der Waals surface area contributed by atoms with Crippen molar-refractivity contribution in [2.75, 3.05) is 6.54 Å². The number of amidine groups is 1. The Morgan fingerprint density at radius 2 is 2.08 bits per heavy atom. The third-order valence-electron chi connectivity index (χ3n) is 3.54. The van der Waals surface area contributed by atoms with Gasteiger partial charge in [-0.2, -0.15) is 5.10 Å². The lowest BCUT2D eigenvalue weighted by Crippen LogP contribution is -2.32. The zero-order valence-corrected chi connectivity index (χ0v) is 15.0. The Bertz CT molecular complexity index is 800. The zero-order valence-electron chi connectivity index (χ0n) is 13.3. The number of amides is 1. The molecule has 0 bridgehead atoms. The number of hydrogen-bond acceptors (Lipinski definition) is 5. The summed E-state index contributed by atoms with van der Waals surface area (Å²) >= 11 is 2.95. The predicted octanol–water partition coefficient (Wildman–Crippen LogP) is 3.95. The maximum atomic E-state index is 13.0. The Morgan fingerprint density at radius 1 is 1.28 bits per heavy atom. The summed E-state index contributed by atoms with van der Waals surface area (Å²) in [6.07, 6.45) is 3.85. The molecule has 2 heterocycles. The molecule has 2 aromatic rings. The Balaban J connectivity index is 1.74. The minimum absolute atomic E-state index is 0.0284. The van der Waals surface area contributed by atoms with Gasteiger partial charge in [-0.05, 0) is 35.6 Å². The van der Waals surface area contributed by atoms with Crippen molar-refractivity contribution < 1.29 is 9.18 Å². The number of thioether (sulfide) groups is 1. The fourth-order valence-electron chi connectivity index (χ4n) is 2.35. The van der Waals surface area contributed by atoms with Gasteiger partial charge in [-0.15, -0.1) is 23.0 Å². The Hall–Kier alpha value is -2.25.